The van der Waals surface area contributed by atoms with Gasteiger partial charge in [0.05, 0.1) is 15.8 Å². The highest BCUT2D eigenvalue weighted by Crippen LogP contribution is 2.31. The molecule has 142 valence electrons. The maximum absolute atomic E-state index is 13.2. The molecule has 0 fully saturated rings. The van der Waals surface area contributed by atoms with Crippen molar-refractivity contribution >= 4 is 40.6 Å². The Kier molecular flexibility index (Phi) is 5.29. The molecular formula is C16H11ClF4N4OS. The van der Waals surface area contributed by atoms with Gasteiger partial charge < -0.3 is 5.32 Å². The van der Waals surface area contributed by atoms with Gasteiger partial charge in [-0.2, -0.15) is 13.2 Å². The smallest absolute Gasteiger partial charge is 0.325 e. The molecule has 0 radical (unpaired) electrons. The fraction of sp³-hybridized carbons (Fsp3) is 0.188. The summed E-state index contributed by atoms with van der Waals surface area (Å²) in [5.41, 5.74) is -0.331. The van der Waals surface area contributed by atoms with E-state index in [9.17, 15) is 22.4 Å². The van der Waals surface area contributed by atoms with Gasteiger partial charge in [0.15, 0.2) is 10.8 Å². The topological polar surface area (TPSA) is 59.3 Å². The molecule has 27 heavy (non-hydrogen) atoms. The van der Waals surface area contributed by atoms with Gasteiger partial charge in [-0.1, -0.05) is 23.4 Å². The van der Waals surface area contributed by atoms with Gasteiger partial charge in [0, 0.05) is 11.9 Å². The van der Waals surface area contributed by atoms with E-state index >= 15 is 0 Å². The van der Waals surface area contributed by atoms with Crippen LogP contribution in [0.15, 0.2) is 41.7 Å². The Balaban J connectivity index is 1.77. The minimum Gasteiger partial charge on any atom is -0.325 e. The third-order valence-corrected chi connectivity index (χ3v) is 4.88. The van der Waals surface area contributed by atoms with Crippen molar-refractivity contribution in [3.63, 3.8) is 0 Å². The van der Waals surface area contributed by atoms with Crippen LogP contribution in [0.2, 0.25) is 5.02 Å². The zero-order chi connectivity index (χ0) is 19.8. The Labute approximate surface area is 159 Å². The average molecular weight is 419 g/mol. The first-order valence-corrected chi connectivity index (χ1v) is 8.75. The van der Waals surface area contributed by atoms with Crippen LogP contribution < -0.4 is 5.32 Å². The van der Waals surface area contributed by atoms with Crippen LogP contribution in [0.5, 0.6) is 0 Å². The number of carbonyl (C=O) groups is 1. The number of pyridine rings is 1. The molecule has 1 amide bonds. The standard InChI is InChI=1S/C16H11ClF4N4OS/c1-8(14(26)22-10-3-4-12(18)11(17)6-10)27-15-24-23-13-5-2-9(7-25(13)15)16(19,20)21/h2-8H,1H3,(H,22,26). The van der Waals surface area contributed by atoms with Crippen LogP contribution in [-0.4, -0.2) is 25.8 Å². The Bertz CT molecular complexity index is 1010. The third kappa shape index (κ3) is 4.33. The molecule has 0 spiro atoms. The van der Waals surface area contributed by atoms with Crippen LogP contribution in [0.3, 0.4) is 0 Å². The number of hydrogen-bond donors (Lipinski definition) is 1. The molecule has 2 heterocycles. The van der Waals surface area contributed by atoms with E-state index in [4.69, 9.17) is 11.6 Å². The van der Waals surface area contributed by atoms with Gasteiger partial charge in [-0.3, -0.25) is 9.20 Å². The molecule has 1 N–H and O–H groups in total. The number of thioether (sulfide) groups is 1. The normalized spacial score (nSPS) is 13.0. The molecule has 0 bridgehead atoms. The molecule has 0 aliphatic rings. The molecule has 0 aliphatic heterocycles. The molecule has 2 aromatic heterocycles. The van der Waals surface area contributed by atoms with E-state index in [0.717, 1.165) is 30.1 Å². The van der Waals surface area contributed by atoms with Gasteiger partial charge in [-0.05, 0) is 37.3 Å². The first-order chi connectivity index (χ1) is 12.6. The summed E-state index contributed by atoms with van der Waals surface area (Å²) in [7, 11) is 0. The van der Waals surface area contributed by atoms with Crippen molar-refractivity contribution in [2.45, 2.75) is 23.5 Å². The summed E-state index contributed by atoms with van der Waals surface area (Å²) in [5.74, 6) is -1.07. The van der Waals surface area contributed by atoms with Gasteiger partial charge in [-0.15, -0.1) is 10.2 Å². The van der Waals surface area contributed by atoms with E-state index < -0.39 is 28.7 Å². The minimum atomic E-state index is -4.51. The number of amides is 1. The Hall–Kier alpha value is -2.33. The highest BCUT2D eigenvalue weighted by Gasteiger charge is 2.31. The number of rotatable bonds is 4. The monoisotopic (exact) mass is 418 g/mol. The van der Waals surface area contributed by atoms with Gasteiger partial charge in [0.1, 0.15) is 5.82 Å². The Morgan fingerprint density at radius 3 is 2.67 bits per heavy atom. The second kappa shape index (κ2) is 7.35. The molecular weight excluding hydrogens is 408 g/mol. The predicted molar refractivity (Wildman–Crippen MR) is 93.3 cm³/mol. The van der Waals surface area contributed by atoms with Gasteiger partial charge in [-0.25, -0.2) is 4.39 Å². The van der Waals surface area contributed by atoms with Crippen molar-refractivity contribution in [1.82, 2.24) is 14.6 Å². The molecule has 0 saturated heterocycles. The van der Waals surface area contributed by atoms with Crippen LogP contribution in [0.4, 0.5) is 23.2 Å². The molecule has 3 aromatic rings. The second-order valence-corrected chi connectivity index (χ2v) is 7.22. The Morgan fingerprint density at radius 2 is 2.00 bits per heavy atom. The van der Waals surface area contributed by atoms with Crippen molar-refractivity contribution in [3.8, 4) is 0 Å². The zero-order valence-electron chi connectivity index (χ0n) is 13.6. The van der Waals surface area contributed by atoms with Crippen molar-refractivity contribution in [3.05, 3.63) is 52.9 Å². The quantitative estimate of drug-likeness (QED) is 0.494. The molecule has 3 rings (SSSR count). The van der Waals surface area contributed by atoms with E-state index in [1.165, 1.54) is 22.6 Å². The average Bonchev–Trinajstić information content (AvgIpc) is 2.99. The molecule has 0 saturated carbocycles. The summed E-state index contributed by atoms with van der Waals surface area (Å²) in [6, 6.07) is 5.82. The largest absolute Gasteiger partial charge is 0.417 e. The lowest BCUT2D eigenvalue weighted by Gasteiger charge is -2.12. The van der Waals surface area contributed by atoms with Crippen molar-refractivity contribution in [1.29, 1.82) is 0 Å². The first kappa shape index (κ1) is 19.4. The number of hydrogen-bond acceptors (Lipinski definition) is 4. The van der Waals surface area contributed by atoms with E-state index in [0.29, 0.717) is 5.69 Å². The van der Waals surface area contributed by atoms with Crippen molar-refractivity contribution in [2.24, 2.45) is 0 Å². The van der Waals surface area contributed by atoms with E-state index in [2.05, 4.69) is 15.5 Å². The molecule has 5 nitrogen and oxygen atoms in total. The number of anilines is 1. The number of nitrogens with one attached hydrogen (secondary N) is 1. The number of alkyl halides is 3. The van der Waals surface area contributed by atoms with E-state index in [-0.39, 0.29) is 15.8 Å². The molecule has 1 atom stereocenters. The molecule has 1 aromatic carbocycles. The number of halogens is 5. The summed E-state index contributed by atoms with van der Waals surface area (Å²) in [4.78, 5) is 12.3. The maximum atomic E-state index is 13.2. The summed E-state index contributed by atoms with van der Waals surface area (Å²) in [6.07, 6.45) is -3.63. The second-order valence-electron chi connectivity index (χ2n) is 5.50. The van der Waals surface area contributed by atoms with Crippen LogP contribution in [0.25, 0.3) is 5.65 Å². The number of aromatic nitrogens is 3. The first-order valence-electron chi connectivity index (χ1n) is 7.49. The number of carbonyl (C=O) groups excluding carboxylic acids is 1. The summed E-state index contributed by atoms with van der Waals surface area (Å²) >= 11 is 6.60. The lowest BCUT2D eigenvalue weighted by atomic mass is 10.3. The highest BCUT2D eigenvalue weighted by molar-refractivity contribution is 8.00. The third-order valence-electron chi connectivity index (χ3n) is 3.54. The minimum absolute atomic E-state index is 0.135. The number of fused-ring (bicyclic) bond motifs is 1. The maximum Gasteiger partial charge on any atom is 0.417 e. The molecule has 11 heteroatoms. The van der Waals surface area contributed by atoms with E-state index in [1.807, 2.05) is 0 Å². The SMILES string of the molecule is CC(Sc1nnc2ccc(C(F)(F)F)cn12)C(=O)Nc1ccc(F)c(Cl)c1. The highest BCUT2D eigenvalue weighted by atomic mass is 35.5. The Morgan fingerprint density at radius 1 is 1.26 bits per heavy atom. The zero-order valence-corrected chi connectivity index (χ0v) is 15.2. The summed E-state index contributed by atoms with van der Waals surface area (Å²) < 4.78 is 53.0. The van der Waals surface area contributed by atoms with Crippen LogP contribution in [0.1, 0.15) is 12.5 Å². The molecule has 0 aliphatic carbocycles. The number of benzene rings is 1. The van der Waals surface area contributed by atoms with Crippen LogP contribution >= 0.6 is 23.4 Å². The van der Waals surface area contributed by atoms with Crippen LogP contribution in [-0.2, 0) is 11.0 Å². The van der Waals surface area contributed by atoms with Gasteiger partial charge in [0.25, 0.3) is 0 Å². The lowest BCUT2D eigenvalue weighted by Crippen LogP contribution is -2.22. The van der Waals surface area contributed by atoms with Crippen molar-refractivity contribution < 1.29 is 22.4 Å². The van der Waals surface area contributed by atoms with Gasteiger partial charge >= 0.3 is 6.18 Å². The fourth-order valence-corrected chi connectivity index (χ4v) is 3.16. The summed E-state index contributed by atoms with van der Waals surface area (Å²) in [6.45, 7) is 1.56. The van der Waals surface area contributed by atoms with E-state index in [1.54, 1.807) is 6.92 Å². The summed E-state index contributed by atoms with van der Waals surface area (Å²) in [5, 5.41) is 9.46. The number of nitrogens with zero attached hydrogens (tertiary/aromatic N) is 3. The fourth-order valence-electron chi connectivity index (χ4n) is 2.15. The van der Waals surface area contributed by atoms with Crippen molar-refractivity contribution in [2.75, 3.05) is 5.32 Å². The molecule has 1 unspecified atom stereocenters. The van der Waals surface area contributed by atoms with Crippen LogP contribution in [0, 0.1) is 5.82 Å². The van der Waals surface area contributed by atoms with Gasteiger partial charge in [0.2, 0.25) is 5.91 Å². The lowest BCUT2D eigenvalue weighted by molar-refractivity contribution is -0.137. The predicted octanol–water partition coefficient (Wildman–Crippen LogP) is 4.66.